The topological polar surface area (TPSA) is 138 Å². The molecule has 2 atom stereocenters. The number of hydrogen-bond acceptors (Lipinski definition) is 8. The Morgan fingerprint density at radius 3 is 2.61 bits per heavy atom. The Morgan fingerprint density at radius 1 is 1.24 bits per heavy atom. The molecule has 0 unspecified atom stereocenters. The molecule has 1 aromatic carbocycles. The summed E-state index contributed by atoms with van der Waals surface area (Å²) in [7, 11) is -1.99. The van der Waals surface area contributed by atoms with E-state index in [1.54, 1.807) is 11.6 Å². The summed E-state index contributed by atoms with van der Waals surface area (Å²) in [4.78, 5) is 34.1. The molecule has 1 saturated heterocycles. The molecule has 41 heavy (non-hydrogen) atoms. The van der Waals surface area contributed by atoms with Crippen molar-refractivity contribution in [3.8, 4) is 0 Å². The molecule has 2 N–H and O–H groups in total. The molecule has 222 valence electrons. The Kier molecular flexibility index (Phi) is 8.42. The van der Waals surface area contributed by atoms with E-state index in [0.717, 1.165) is 30.6 Å². The molecule has 0 saturated carbocycles. The normalized spacial score (nSPS) is 16.5. The van der Waals surface area contributed by atoms with Gasteiger partial charge in [-0.15, -0.1) is 0 Å². The summed E-state index contributed by atoms with van der Waals surface area (Å²) in [5, 5.41) is 7.90. The lowest BCUT2D eigenvalue weighted by Crippen LogP contribution is -2.40. The molecule has 12 nitrogen and oxygen atoms in total. The van der Waals surface area contributed by atoms with Gasteiger partial charge in [-0.05, 0) is 59.2 Å². The fraction of sp³-hybridized carbons (Fsp3) is 0.481. The van der Waals surface area contributed by atoms with E-state index in [2.05, 4.69) is 20.0 Å². The molecule has 0 aliphatic carbocycles. The first-order valence-electron chi connectivity index (χ1n) is 13.2. The SMILES string of the molecule is Cc1cn2nc([C@H](C)N(C)C(=O)c3cc(Cl)ccc3NS(C)(=O)=O)cc2nc1N1CC[C@H](NC(=O)OC(C)(C)C)C1. The van der Waals surface area contributed by atoms with Crippen LogP contribution in [0.15, 0.2) is 30.5 Å². The molecule has 0 bridgehead atoms. The number of rotatable bonds is 7. The van der Waals surface area contributed by atoms with Gasteiger partial charge in [-0.2, -0.15) is 5.10 Å². The van der Waals surface area contributed by atoms with Crippen molar-refractivity contribution in [2.75, 3.05) is 36.0 Å². The molecule has 0 radical (unpaired) electrons. The van der Waals surface area contributed by atoms with Crippen LogP contribution in [0.2, 0.25) is 5.02 Å². The molecule has 1 aliphatic rings. The largest absolute Gasteiger partial charge is 0.444 e. The highest BCUT2D eigenvalue weighted by Gasteiger charge is 2.29. The standard InChI is InChI=1S/C27H36ClN7O5S/c1-16-14-35-23(30-24(16)34-11-10-19(15-34)29-26(37)40-27(3,4)5)13-22(31-35)17(2)33(6)25(36)20-12-18(28)8-9-21(20)32-41(7,38)39/h8-9,12-14,17,19,32H,10-11,15H2,1-7H3,(H,29,37)/t17-,19-/m0/s1. The van der Waals surface area contributed by atoms with Crippen LogP contribution in [0.4, 0.5) is 16.3 Å². The van der Waals surface area contributed by atoms with Gasteiger partial charge in [0.1, 0.15) is 11.4 Å². The number of hydrogen-bond donors (Lipinski definition) is 2. The number of aryl methyl sites for hydroxylation is 1. The van der Waals surface area contributed by atoms with Crippen molar-refractivity contribution in [1.29, 1.82) is 0 Å². The summed E-state index contributed by atoms with van der Waals surface area (Å²) in [6, 6.07) is 5.70. The fourth-order valence-corrected chi connectivity index (χ4v) is 5.38. The Hall–Kier alpha value is -3.58. The number of ether oxygens (including phenoxy) is 1. The van der Waals surface area contributed by atoms with Crippen LogP contribution in [-0.4, -0.2) is 78.0 Å². The first kappa shape index (κ1) is 30.4. The lowest BCUT2D eigenvalue weighted by Gasteiger charge is -2.24. The van der Waals surface area contributed by atoms with Gasteiger partial charge < -0.3 is 19.9 Å². The van der Waals surface area contributed by atoms with E-state index >= 15 is 0 Å². The minimum atomic E-state index is -3.61. The minimum Gasteiger partial charge on any atom is -0.444 e. The van der Waals surface area contributed by atoms with Crippen LogP contribution in [0.5, 0.6) is 0 Å². The maximum absolute atomic E-state index is 13.4. The summed E-state index contributed by atoms with van der Waals surface area (Å²) in [5.41, 5.74) is 1.83. The number of nitrogens with one attached hydrogen (secondary N) is 2. The van der Waals surface area contributed by atoms with E-state index in [1.807, 2.05) is 46.9 Å². The molecular formula is C27H36ClN7O5S. The molecule has 1 fully saturated rings. The second-order valence-electron chi connectivity index (χ2n) is 11.4. The van der Waals surface area contributed by atoms with Crippen LogP contribution in [0.1, 0.15) is 61.8 Å². The molecule has 14 heteroatoms. The average molecular weight is 606 g/mol. The minimum absolute atomic E-state index is 0.0593. The van der Waals surface area contributed by atoms with Gasteiger partial charge in [-0.1, -0.05) is 11.6 Å². The summed E-state index contributed by atoms with van der Waals surface area (Å²) in [6.07, 6.45) is 3.23. The zero-order chi connectivity index (χ0) is 30.3. The van der Waals surface area contributed by atoms with Gasteiger partial charge in [0.15, 0.2) is 5.65 Å². The van der Waals surface area contributed by atoms with Crippen LogP contribution in [-0.2, 0) is 14.8 Å². The number of carbonyl (C=O) groups is 2. The van der Waals surface area contributed by atoms with E-state index in [1.165, 1.54) is 23.1 Å². The van der Waals surface area contributed by atoms with Crippen molar-refractivity contribution in [3.05, 3.63) is 52.3 Å². The van der Waals surface area contributed by atoms with Gasteiger partial charge in [0.2, 0.25) is 10.0 Å². The van der Waals surface area contributed by atoms with Gasteiger partial charge in [-0.3, -0.25) is 9.52 Å². The monoisotopic (exact) mass is 605 g/mol. The number of sulfonamides is 1. The third-order valence-electron chi connectivity index (χ3n) is 6.67. The smallest absolute Gasteiger partial charge is 0.407 e. The molecule has 4 rings (SSSR count). The average Bonchev–Trinajstić information content (AvgIpc) is 3.47. The van der Waals surface area contributed by atoms with E-state index in [-0.39, 0.29) is 17.3 Å². The highest BCUT2D eigenvalue weighted by Crippen LogP contribution is 2.28. The van der Waals surface area contributed by atoms with Crippen molar-refractivity contribution in [2.24, 2.45) is 0 Å². The lowest BCUT2D eigenvalue weighted by molar-refractivity contribution is 0.0508. The number of halogens is 1. The number of nitrogens with zero attached hydrogens (tertiary/aromatic N) is 5. The molecule has 3 heterocycles. The predicted molar refractivity (Wildman–Crippen MR) is 158 cm³/mol. The predicted octanol–water partition coefficient (Wildman–Crippen LogP) is 4.00. The number of benzene rings is 1. The maximum atomic E-state index is 13.4. The van der Waals surface area contributed by atoms with Gasteiger partial charge in [0.05, 0.1) is 35.3 Å². The van der Waals surface area contributed by atoms with Crippen LogP contribution < -0.4 is 14.9 Å². The zero-order valence-electron chi connectivity index (χ0n) is 24.2. The van der Waals surface area contributed by atoms with Crippen molar-refractivity contribution in [2.45, 2.75) is 58.7 Å². The van der Waals surface area contributed by atoms with Crippen LogP contribution in [0.3, 0.4) is 0 Å². The Bertz CT molecular complexity index is 1580. The van der Waals surface area contributed by atoms with Gasteiger partial charge in [-0.25, -0.2) is 22.7 Å². The van der Waals surface area contributed by atoms with Crippen LogP contribution in [0, 0.1) is 6.92 Å². The number of anilines is 2. The number of carbonyl (C=O) groups excluding carboxylic acids is 2. The van der Waals surface area contributed by atoms with Crippen LogP contribution in [0.25, 0.3) is 5.65 Å². The summed E-state index contributed by atoms with van der Waals surface area (Å²) in [5.74, 6) is 0.374. The van der Waals surface area contributed by atoms with Gasteiger partial charge in [0, 0.05) is 43.0 Å². The van der Waals surface area contributed by atoms with Crippen molar-refractivity contribution in [3.63, 3.8) is 0 Å². The molecule has 2 aromatic heterocycles. The lowest BCUT2D eigenvalue weighted by atomic mass is 10.1. The van der Waals surface area contributed by atoms with E-state index < -0.39 is 33.7 Å². The van der Waals surface area contributed by atoms with Gasteiger partial charge in [0.25, 0.3) is 5.91 Å². The molecule has 1 aliphatic heterocycles. The van der Waals surface area contributed by atoms with Gasteiger partial charge >= 0.3 is 6.09 Å². The Labute approximate surface area is 245 Å². The third kappa shape index (κ3) is 7.39. The van der Waals surface area contributed by atoms with Crippen molar-refractivity contribution >= 4 is 50.8 Å². The zero-order valence-corrected chi connectivity index (χ0v) is 25.8. The number of alkyl carbamates (subject to hydrolysis) is 1. The second-order valence-corrected chi connectivity index (χ2v) is 13.5. The second kappa shape index (κ2) is 11.4. The number of aromatic nitrogens is 3. The first-order chi connectivity index (χ1) is 19.0. The highest BCUT2D eigenvalue weighted by atomic mass is 35.5. The maximum Gasteiger partial charge on any atom is 0.407 e. The van der Waals surface area contributed by atoms with E-state index in [4.69, 9.17) is 21.3 Å². The summed E-state index contributed by atoms with van der Waals surface area (Å²) in [6.45, 7) is 10.6. The van der Waals surface area contributed by atoms with E-state index in [9.17, 15) is 18.0 Å². The quantitative estimate of drug-likeness (QED) is 0.412. The number of fused-ring (bicyclic) bond motifs is 1. The fourth-order valence-electron chi connectivity index (χ4n) is 4.63. The highest BCUT2D eigenvalue weighted by molar-refractivity contribution is 7.92. The first-order valence-corrected chi connectivity index (χ1v) is 15.4. The van der Waals surface area contributed by atoms with E-state index in [0.29, 0.717) is 22.9 Å². The third-order valence-corrected chi connectivity index (χ3v) is 7.50. The van der Waals surface area contributed by atoms with Crippen molar-refractivity contribution < 1.29 is 22.7 Å². The Balaban J connectivity index is 1.52. The Morgan fingerprint density at radius 2 is 1.95 bits per heavy atom. The van der Waals surface area contributed by atoms with Crippen LogP contribution >= 0.6 is 11.6 Å². The summed E-state index contributed by atoms with van der Waals surface area (Å²) >= 11 is 6.13. The molecule has 0 spiro atoms. The number of amides is 2. The summed E-state index contributed by atoms with van der Waals surface area (Å²) < 4.78 is 33.1. The van der Waals surface area contributed by atoms with Crippen molar-refractivity contribution in [1.82, 2.24) is 24.8 Å². The molecular weight excluding hydrogens is 570 g/mol. The molecule has 3 aromatic rings. The molecule has 2 amide bonds.